The van der Waals surface area contributed by atoms with Crippen LogP contribution in [0.25, 0.3) is 0 Å². The summed E-state index contributed by atoms with van der Waals surface area (Å²) in [5.74, 6) is -0.726. The Hall–Kier alpha value is -0.470. The maximum Gasteiger partial charge on any atom is 0.404 e. The van der Waals surface area contributed by atoms with Crippen LogP contribution in [0.15, 0.2) is 0 Å². The Morgan fingerprint density at radius 2 is 2.16 bits per heavy atom. The molecule has 1 aliphatic heterocycles. The Bertz CT molecular complexity index is 328. The van der Waals surface area contributed by atoms with Crippen molar-refractivity contribution in [3.8, 4) is 0 Å². The van der Waals surface area contributed by atoms with Crippen LogP contribution in [0.1, 0.15) is 13.3 Å². The lowest BCUT2D eigenvalue weighted by molar-refractivity contribution is -0.216. The van der Waals surface area contributed by atoms with Gasteiger partial charge in [-0.25, -0.2) is 0 Å². The lowest BCUT2D eigenvalue weighted by atomic mass is 9.85. The van der Waals surface area contributed by atoms with E-state index in [2.05, 4.69) is 10.6 Å². The molecule has 1 rings (SSSR count). The van der Waals surface area contributed by atoms with Crippen LogP contribution in [0.2, 0.25) is 0 Å². The summed E-state index contributed by atoms with van der Waals surface area (Å²) in [5, 5.41) is 14.7. The molecule has 2 unspecified atom stereocenters. The predicted molar refractivity (Wildman–Crippen MR) is 68.0 cm³/mol. The maximum absolute atomic E-state index is 13.1. The number of hydrogen-bond acceptors (Lipinski definition) is 4. The van der Waals surface area contributed by atoms with E-state index in [4.69, 9.17) is 0 Å². The van der Waals surface area contributed by atoms with Crippen molar-refractivity contribution in [2.24, 2.45) is 5.41 Å². The van der Waals surface area contributed by atoms with Crippen molar-refractivity contribution in [3.05, 3.63) is 0 Å². The Morgan fingerprint density at radius 1 is 1.53 bits per heavy atom. The van der Waals surface area contributed by atoms with E-state index in [1.165, 1.54) is 18.7 Å². The zero-order valence-electron chi connectivity index (χ0n) is 10.9. The number of carbonyl (C=O) groups is 1. The predicted octanol–water partition coefficient (Wildman–Crippen LogP) is 0.759. The van der Waals surface area contributed by atoms with Crippen molar-refractivity contribution < 1.29 is 23.1 Å². The first-order valence-electron chi connectivity index (χ1n) is 5.92. The molecule has 0 aromatic rings. The molecule has 0 radical (unpaired) electrons. The van der Waals surface area contributed by atoms with Crippen molar-refractivity contribution >= 4 is 17.7 Å². The molecule has 19 heavy (non-hydrogen) atoms. The monoisotopic (exact) mass is 300 g/mol. The molecule has 3 N–H and O–H groups in total. The fraction of sp³-hybridized carbons (Fsp3) is 0.909. The number of carbonyl (C=O) groups excluding carboxylic acids is 1. The molecule has 0 aliphatic carbocycles. The highest BCUT2D eigenvalue weighted by Gasteiger charge is 2.61. The van der Waals surface area contributed by atoms with E-state index in [-0.39, 0.29) is 19.5 Å². The van der Waals surface area contributed by atoms with E-state index in [9.17, 15) is 23.1 Å². The second-order valence-corrected chi connectivity index (χ2v) is 5.99. The van der Waals surface area contributed by atoms with Crippen LogP contribution in [0, 0.1) is 5.41 Å². The van der Waals surface area contributed by atoms with Gasteiger partial charge in [-0.2, -0.15) is 24.9 Å². The van der Waals surface area contributed by atoms with Gasteiger partial charge in [0.15, 0.2) is 5.41 Å². The summed E-state index contributed by atoms with van der Waals surface area (Å²) in [6, 6.07) is 0. The quantitative estimate of drug-likeness (QED) is 0.701. The molecule has 8 heteroatoms. The van der Waals surface area contributed by atoms with Crippen LogP contribution >= 0.6 is 11.8 Å². The fourth-order valence-corrected chi connectivity index (χ4v) is 2.78. The van der Waals surface area contributed by atoms with Crippen molar-refractivity contribution in [2.45, 2.75) is 25.1 Å². The van der Waals surface area contributed by atoms with Gasteiger partial charge in [0.2, 0.25) is 5.91 Å². The van der Waals surface area contributed by atoms with Gasteiger partial charge in [-0.3, -0.25) is 4.79 Å². The van der Waals surface area contributed by atoms with Gasteiger partial charge in [0.25, 0.3) is 0 Å². The SMILES string of the molecule is CSCC(C)(O)CNC(=O)C1(C(F)(F)F)CCNC1. The van der Waals surface area contributed by atoms with E-state index in [1.54, 1.807) is 6.26 Å². The Balaban J connectivity index is 2.70. The molecular weight excluding hydrogens is 281 g/mol. The molecule has 2 atom stereocenters. The highest BCUT2D eigenvalue weighted by atomic mass is 32.2. The van der Waals surface area contributed by atoms with Crippen molar-refractivity contribution in [2.75, 3.05) is 31.6 Å². The summed E-state index contributed by atoms with van der Waals surface area (Å²) in [7, 11) is 0. The first-order valence-corrected chi connectivity index (χ1v) is 7.31. The van der Waals surface area contributed by atoms with Crippen LogP contribution in [0.5, 0.6) is 0 Å². The van der Waals surface area contributed by atoms with Crippen molar-refractivity contribution in [3.63, 3.8) is 0 Å². The average Bonchev–Trinajstić information content (AvgIpc) is 2.75. The summed E-state index contributed by atoms with van der Waals surface area (Å²) in [5.41, 5.74) is -3.59. The smallest absolute Gasteiger partial charge is 0.387 e. The number of nitrogens with one attached hydrogen (secondary N) is 2. The van der Waals surface area contributed by atoms with Gasteiger partial charge >= 0.3 is 6.18 Å². The molecule has 1 fully saturated rings. The van der Waals surface area contributed by atoms with Crippen molar-refractivity contribution in [1.29, 1.82) is 0 Å². The normalized spacial score (nSPS) is 27.1. The topological polar surface area (TPSA) is 61.4 Å². The van der Waals surface area contributed by atoms with E-state index in [0.29, 0.717) is 5.75 Å². The summed E-state index contributed by atoms with van der Waals surface area (Å²) in [6.07, 6.45) is -3.09. The number of hydrogen-bond donors (Lipinski definition) is 3. The number of halogens is 3. The molecule has 0 aromatic heterocycles. The Labute approximate surface area is 114 Å². The molecule has 1 saturated heterocycles. The van der Waals surface area contributed by atoms with Crippen LogP contribution in [-0.2, 0) is 4.79 Å². The molecule has 112 valence electrons. The van der Waals surface area contributed by atoms with Gasteiger partial charge in [0.05, 0.1) is 5.60 Å². The molecule has 0 spiro atoms. The largest absolute Gasteiger partial charge is 0.404 e. The zero-order valence-corrected chi connectivity index (χ0v) is 11.7. The van der Waals surface area contributed by atoms with Crippen molar-refractivity contribution in [1.82, 2.24) is 10.6 Å². The lowest BCUT2D eigenvalue weighted by Gasteiger charge is -2.31. The molecular formula is C11H19F3N2O2S. The minimum absolute atomic E-state index is 0.161. The van der Waals surface area contributed by atoms with E-state index >= 15 is 0 Å². The summed E-state index contributed by atoms with van der Waals surface area (Å²) in [4.78, 5) is 11.9. The molecule has 1 heterocycles. The summed E-state index contributed by atoms with van der Waals surface area (Å²) in [6.45, 7) is 1.04. The highest BCUT2D eigenvalue weighted by Crippen LogP contribution is 2.43. The van der Waals surface area contributed by atoms with Crippen LogP contribution < -0.4 is 10.6 Å². The third-order valence-corrected chi connectivity index (χ3v) is 4.13. The van der Waals surface area contributed by atoms with Gasteiger partial charge < -0.3 is 15.7 Å². The van der Waals surface area contributed by atoms with Gasteiger partial charge in [0.1, 0.15) is 0 Å². The summed E-state index contributed by atoms with van der Waals surface area (Å²) < 4.78 is 39.2. The van der Waals surface area contributed by atoms with Gasteiger partial charge in [-0.05, 0) is 26.1 Å². The molecule has 0 aromatic carbocycles. The molecule has 4 nitrogen and oxygen atoms in total. The summed E-state index contributed by atoms with van der Waals surface area (Å²) >= 11 is 1.36. The second-order valence-electron chi connectivity index (χ2n) is 5.12. The average molecular weight is 300 g/mol. The van der Waals surface area contributed by atoms with E-state index in [1.807, 2.05) is 0 Å². The molecule has 0 bridgehead atoms. The van der Waals surface area contributed by atoms with E-state index in [0.717, 1.165) is 0 Å². The fourth-order valence-electron chi connectivity index (χ4n) is 2.06. The number of rotatable bonds is 5. The third-order valence-electron chi connectivity index (χ3n) is 3.22. The van der Waals surface area contributed by atoms with Gasteiger partial charge in [-0.15, -0.1) is 0 Å². The van der Waals surface area contributed by atoms with Crippen LogP contribution in [-0.4, -0.2) is 54.4 Å². The molecule has 1 aliphatic rings. The minimum atomic E-state index is -4.59. The van der Waals surface area contributed by atoms with E-state index < -0.39 is 29.6 Å². The Kier molecular flexibility index (Phi) is 5.14. The third kappa shape index (κ3) is 3.76. The number of alkyl halides is 3. The number of aliphatic hydroxyl groups is 1. The molecule has 1 amide bonds. The number of thioether (sulfide) groups is 1. The van der Waals surface area contributed by atoms with Crippen LogP contribution in [0.3, 0.4) is 0 Å². The van der Waals surface area contributed by atoms with Crippen LogP contribution in [0.4, 0.5) is 13.2 Å². The highest BCUT2D eigenvalue weighted by molar-refractivity contribution is 7.98. The number of amides is 1. The first-order chi connectivity index (χ1) is 8.65. The zero-order chi connectivity index (χ0) is 14.7. The van der Waals surface area contributed by atoms with Gasteiger partial charge in [0, 0.05) is 18.8 Å². The maximum atomic E-state index is 13.1. The first kappa shape index (κ1) is 16.6. The van der Waals surface area contributed by atoms with Gasteiger partial charge in [-0.1, -0.05) is 0 Å². The Morgan fingerprint density at radius 3 is 2.58 bits per heavy atom. The molecule has 0 saturated carbocycles. The second kappa shape index (κ2) is 5.88. The lowest BCUT2D eigenvalue weighted by Crippen LogP contribution is -2.55. The minimum Gasteiger partial charge on any atom is -0.387 e. The standard InChI is InChI=1S/C11H19F3N2O2S/c1-9(18,7-19-2)5-16-8(17)10(11(12,13)14)3-4-15-6-10/h15,18H,3-7H2,1-2H3,(H,16,17).